The van der Waals surface area contributed by atoms with Crippen molar-refractivity contribution in [3.05, 3.63) is 30.3 Å². The Morgan fingerprint density at radius 3 is 2.72 bits per heavy atom. The van der Waals surface area contributed by atoms with E-state index in [0.717, 1.165) is 32.8 Å². The lowest BCUT2D eigenvalue weighted by molar-refractivity contribution is 0.0385. The SMILES string of the molecule is O=C(NCCN1CCOCC1)Oc1ccccc1. The number of carbonyl (C=O) groups is 1. The van der Waals surface area contributed by atoms with Crippen LogP contribution in [0.5, 0.6) is 5.75 Å². The van der Waals surface area contributed by atoms with Crippen LogP contribution in [-0.2, 0) is 4.74 Å². The lowest BCUT2D eigenvalue weighted by Gasteiger charge is -2.26. The van der Waals surface area contributed by atoms with Crippen LogP contribution < -0.4 is 10.1 Å². The number of benzene rings is 1. The molecule has 1 aromatic carbocycles. The van der Waals surface area contributed by atoms with Gasteiger partial charge >= 0.3 is 6.09 Å². The maximum atomic E-state index is 11.5. The molecule has 1 aliphatic heterocycles. The Kier molecular flexibility index (Phi) is 4.99. The van der Waals surface area contributed by atoms with Gasteiger partial charge in [-0.1, -0.05) is 18.2 Å². The number of morpholine rings is 1. The molecule has 0 saturated carbocycles. The Morgan fingerprint density at radius 2 is 2.00 bits per heavy atom. The molecule has 1 N–H and O–H groups in total. The van der Waals surface area contributed by atoms with E-state index in [2.05, 4.69) is 10.2 Å². The maximum Gasteiger partial charge on any atom is 0.412 e. The number of hydrogen-bond acceptors (Lipinski definition) is 4. The summed E-state index contributed by atoms with van der Waals surface area (Å²) in [6.45, 7) is 4.81. The predicted molar refractivity (Wildman–Crippen MR) is 67.7 cm³/mol. The number of para-hydroxylation sites is 1. The van der Waals surface area contributed by atoms with Crippen LogP contribution in [0.4, 0.5) is 4.79 Å². The smallest absolute Gasteiger partial charge is 0.410 e. The van der Waals surface area contributed by atoms with Gasteiger partial charge in [0.15, 0.2) is 0 Å². The minimum atomic E-state index is -0.408. The molecule has 1 aromatic rings. The number of nitrogens with zero attached hydrogens (tertiary/aromatic N) is 1. The Balaban J connectivity index is 1.62. The second-order valence-electron chi connectivity index (χ2n) is 4.08. The molecule has 1 aliphatic rings. The first-order valence-electron chi connectivity index (χ1n) is 6.15. The molecule has 18 heavy (non-hydrogen) atoms. The zero-order valence-corrected chi connectivity index (χ0v) is 10.3. The highest BCUT2D eigenvalue weighted by atomic mass is 16.6. The third-order valence-electron chi connectivity index (χ3n) is 2.75. The Bertz CT molecular complexity index is 364. The molecule has 0 unspecified atom stereocenters. The van der Waals surface area contributed by atoms with E-state index in [-0.39, 0.29) is 0 Å². The average molecular weight is 250 g/mol. The first-order valence-corrected chi connectivity index (χ1v) is 6.15. The van der Waals surface area contributed by atoms with Crippen LogP contribution in [-0.4, -0.2) is 50.4 Å². The van der Waals surface area contributed by atoms with Gasteiger partial charge in [0.1, 0.15) is 5.75 Å². The third-order valence-corrected chi connectivity index (χ3v) is 2.75. The van der Waals surface area contributed by atoms with Crippen LogP contribution in [0.15, 0.2) is 30.3 Å². The fourth-order valence-corrected chi connectivity index (χ4v) is 1.77. The number of ether oxygens (including phenoxy) is 2. The molecule has 1 heterocycles. The van der Waals surface area contributed by atoms with E-state index >= 15 is 0 Å². The fourth-order valence-electron chi connectivity index (χ4n) is 1.77. The van der Waals surface area contributed by atoms with Crippen molar-refractivity contribution in [1.82, 2.24) is 10.2 Å². The Labute approximate surface area is 107 Å². The lowest BCUT2D eigenvalue weighted by Crippen LogP contribution is -2.41. The van der Waals surface area contributed by atoms with E-state index in [4.69, 9.17) is 9.47 Å². The molecule has 1 amide bonds. The van der Waals surface area contributed by atoms with Crippen LogP contribution in [0.25, 0.3) is 0 Å². The minimum absolute atomic E-state index is 0.408. The number of carbonyl (C=O) groups excluding carboxylic acids is 1. The zero-order chi connectivity index (χ0) is 12.6. The number of amides is 1. The van der Waals surface area contributed by atoms with Crippen LogP contribution in [0.1, 0.15) is 0 Å². The molecule has 0 bridgehead atoms. The lowest BCUT2D eigenvalue weighted by atomic mass is 10.3. The van der Waals surface area contributed by atoms with Crippen LogP contribution in [0, 0.1) is 0 Å². The normalized spacial score (nSPS) is 16.2. The van der Waals surface area contributed by atoms with Gasteiger partial charge in [0.05, 0.1) is 13.2 Å². The number of rotatable bonds is 4. The van der Waals surface area contributed by atoms with E-state index in [1.807, 2.05) is 18.2 Å². The van der Waals surface area contributed by atoms with Gasteiger partial charge in [-0.3, -0.25) is 4.90 Å². The third kappa shape index (κ3) is 4.35. The van der Waals surface area contributed by atoms with E-state index in [1.165, 1.54) is 0 Å². The first kappa shape index (κ1) is 12.9. The summed E-state index contributed by atoms with van der Waals surface area (Å²) in [4.78, 5) is 13.7. The summed E-state index contributed by atoms with van der Waals surface area (Å²) < 4.78 is 10.4. The van der Waals surface area contributed by atoms with Gasteiger partial charge < -0.3 is 14.8 Å². The molecule has 0 aromatic heterocycles. The molecule has 2 rings (SSSR count). The topological polar surface area (TPSA) is 50.8 Å². The summed E-state index contributed by atoms with van der Waals surface area (Å²) in [5.41, 5.74) is 0. The van der Waals surface area contributed by atoms with Crippen LogP contribution in [0.2, 0.25) is 0 Å². The van der Waals surface area contributed by atoms with Crippen molar-refractivity contribution in [2.75, 3.05) is 39.4 Å². The van der Waals surface area contributed by atoms with E-state index in [1.54, 1.807) is 12.1 Å². The second kappa shape index (κ2) is 6.98. The van der Waals surface area contributed by atoms with Crippen molar-refractivity contribution in [1.29, 1.82) is 0 Å². The molecular formula is C13H18N2O3. The van der Waals surface area contributed by atoms with Gasteiger partial charge in [-0.15, -0.1) is 0 Å². The standard InChI is InChI=1S/C13H18N2O3/c16-13(18-12-4-2-1-3-5-12)14-6-7-15-8-10-17-11-9-15/h1-5H,6-11H2,(H,14,16). The van der Waals surface area contributed by atoms with Crippen molar-refractivity contribution in [3.8, 4) is 5.75 Å². The first-order chi connectivity index (χ1) is 8.84. The van der Waals surface area contributed by atoms with E-state index in [0.29, 0.717) is 12.3 Å². The number of hydrogen-bond donors (Lipinski definition) is 1. The van der Waals surface area contributed by atoms with Crippen molar-refractivity contribution in [3.63, 3.8) is 0 Å². The minimum Gasteiger partial charge on any atom is -0.410 e. The zero-order valence-electron chi connectivity index (χ0n) is 10.3. The van der Waals surface area contributed by atoms with Gasteiger partial charge in [0.25, 0.3) is 0 Å². The van der Waals surface area contributed by atoms with Crippen LogP contribution >= 0.6 is 0 Å². The summed E-state index contributed by atoms with van der Waals surface area (Å²) in [7, 11) is 0. The highest BCUT2D eigenvalue weighted by Crippen LogP contribution is 2.07. The quantitative estimate of drug-likeness (QED) is 0.869. The summed E-state index contributed by atoms with van der Waals surface area (Å²) >= 11 is 0. The fraction of sp³-hybridized carbons (Fsp3) is 0.462. The molecule has 1 fully saturated rings. The molecule has 0 atom stereocenters. The molecule has 5 heteroatoms. The molecule has 0 aliphatic carbocycles. The van der Waals surface area contributed by atoms with E-state index < -0.39 is 6.09 Å². The van der Waals surface area contributed by atoms with Crippen molar-refractivity contribution in [2.45, 2.75) is 0 Å². The van der Waals surface area contributed by atoms with Gasteiger partial charge in [-0.25, -0.2) is 4.79 Å². The van der Waals surface area contributed by atoms with Crippen molar-refractivity contribution >= 4 is 6.09 Å². The predicted octanol–water partition coefficient (Wildman–Crippen LogP) is 1.11. The molecule has 0 spiro atoms. The maximum absolute atomic E-state index is 11.5. The van der Waals surface area contributed by atoms with E-state index in [9.17, 15) is 4.79 Å². The van der Waals surface area contributed by atoms with Gasteiger partial charge in [-0.2, -0.15) is 0 Å². The second-order valence-corrected chi connectivity index (χ2v) is 4.08. The highest BCUT2D eigenvalue weighted by Gasteiger charge is 2.10. The highest BCUT2D eigenvalue weighted by molar-refractivity contribution is 5.70. The Morgan fingerprint density at radius 1 is 1.28 bits per heavy atom. The largest absolute Gasteiger partial charge is 0.412 e. The van der Waals surface area contributed by atoms with Crippen molar-refractivity contribution in [2.24, 2.45) is 0 Å². The monoisotopic (exact) mass is 250 g/mol. The molecule has 5 nitrogen and oxygen atoms in total. The summed E-state index contributed by atoms with van der Waals surface area (Å²) in [5.74, 6) is 0.557. The molecule has 0 radical (unpaired) electrons. The van der Waals surface area contributed by atoms with Gasteiger partial charge in [0.2, 0.25) is 0 Å². The molecule has 98 valence electrons. The molecular weight excluding hydrogens is 232 g/mol. The summed E-state index contributed by atoms with van der Waals surface area (Å²) in [6.07, 6.45) is -0.408. The van der Waals surface area contributed by atoms with Gasteiger partial charge in [-0.05, 0) is 12.1 Å². The summed E-state index contributed by atoms with van der Waals surface area (Å²) in [6, 6.07) is 9.04. The summed E-state index contributed by atoms with van der Waals surface area (Å²) in [5, 5.41) is 2.73. The number of nitrogens with one attached hydrogen (secondary N) is 1. The molecule has 1 saturated heterocycles. The Hall–Kier alpha value is -1.59. The van der Waals surface area contributed by atoms with Crippen molar-refractivity contribution < 1.29 is 14.3 Å². The average Bonchev–Trinajstić information content (AvgIpc) is 2.41. The van der Waals surface area contributed by atoms with Gasteiger partial charge in [0, 0.05) is 26.2 Å². The van der Waals surface area contributed by atoms with Crippen LogP contribution in [0.3, 0.4) is 0 Å².